The van der Waals surface area contributed by atoms with Crippen LogP contribution in [-0.4, -0.2) is 22.0 Å². The number of halogens is 3. The van der Waals surface area contributed by atoms with Crippen molar-refractivity contribution in [2.45, 2.75) is 33.5 Å². The van der Waals surface area contributed by atoms with Gasteiger partial charge in [-0.3, -0.25) is 4.79 Å². The zero-order chi connectivity index (χ0) is 23.3. The third-order valence-electron chi connectivity index (χ3n) is 4.61. The summed E-state index contributed by atoms with van der Waals surface area (Å²) < 4.78 is 45.2. The van der Waals surface area contributed by atoms with E-state index in [9.17, 15) is 18.0 Å². The number of hydrogen-bond donors (Lipinski definition) is 1. The molecule has 0 atom stereocenters. The summed E-state index contributed by atoms with van der Waals surface area (Å²) in [4.78, 5) is 16.9. The molecule has 32 heavy (non-hydrogen) atoms. The second kappa shape index (κ2) is 9.67. The molecule has 0 saturated carbocycles. The van der Waals surface area contributed by atoms with Gasteiger partial charge in [0.15, 0.2) is 0 Å². The van der Waals surface area contributed by atoms with Crippen molar-refractivity contribution >= 4 is 11.4 Å². The number of rotatable bonds is 7. The van der Waals surface area contributed by atoms with Crippen molar-refractivity contribution in [2.24, 2.45) is 5.10 Å². The molecular formula is C23H23F3N4O2. The Hall–Kier alpha value is -3.62. The van der Waals surface area contributed by atoms with E-state index in [0.29, 0.717) is 23.8 Å². The van der Waals surface area contributed by atoms with E-state index in [4.69, 9.17) is 4.74 Å². The van der Waals surface area contributed by atoms with Crippen LogP contribution in [0.4, 0.5) is 18.9 Å². The summed E-state index contributed by atoms with van der Waals surface area (Å²) >= 11 is 0. The van der Waals surface area contributed by atoms with E-state index in [0.717, 1.165) is 23.4 Å². The highest BCUT2D eigenvalue weighted by molar-refractivity contribution is 5.98. The molecule has 0 spiro atoms. The first-order valence-electron chi connectivity index (χ1n) is 9.97. The van der Waals surface area contributed by atoms with Gasteiger partial charge in [-0.25, -0.2) is 4.98 Å². The molecule has 0 bridgehead atoms. The van der Waals surface area contributed by atoms with E-state index in [-0.39, 0.29) is 17.8 Å². The predicted molar refractivity (Wildman–Crippen MR) is 117 cm³/mol. The van der Waals surface area contributed by atoms with Crippen LogP contribution in [0.1, 0.15) is 36.5 Å². The number of nitrogens with one attached hydrogen (secondary N) is 1. The Morgan fingerprint density at radius 3 is 2.50 bits per heavy atom. The van der Waals surface area contributed by atoms with Gasteiger partial charge in [0, 0.05) is 11.8 Å². The Kier molecular flexibility index (Phi) is 6.97. The van der Waals surface area contributed by atoms with E-state index in [1.165, 1.54) is 22.9 Å². The van der Waals surface area contributed by atoms with Gasteiger partial charge in [-0.05, 0) is 68.8 Å². The minimum absolute atomic E-state index is 0.0970. The molecule has 3 rings (SSSR count). The Morgan fingerprint density at radius 2 is 1.88 bits per heavy atom. The van der Waals surface area contributed by atoms with Crippen molar-refractivity contribution in [1.82, 2.24) is 9.66 Å². The van der Waals surface area contributed by atoms with E-state index in [2.05, 4.69) is 15.4 Å². The first kappa shape index (κ1) is 23.1. The van der Waals surface area contributed by atoms with Crippen molar-refractivity contribution in [3.05, 3.63) is 87.6 Å². The molecule has 0 fully saturated rings. The zero-order valence-corrected chi connectivity index (χ0v) is 17.9. The summed E-state index contributed by atoms with van der Waals surface area (Å²) in [6.07, 6.45) is -4.42. The molecule has 0 aliphatic heterocycles. The highest BCUT2D eigenvalue weighted by atomic mass is 19.4. The second-order valence-corrected chi connectivity index (χ2v) is 7.02. The maximum atomic E-state index is 12.9. The van der Waals surface area contributed by atoms with Crippen LogP contribution in [0.2, 0.25) is 0 Å². The van der Waals surface area contributed by atoms with Gasteiger partial charge < -0.3 is 10.1 Å². The Morgan fingerprint density at radius 1 is 1.16 bits per heavy atom. The lowest BCUT2D eigenvalue weighted by Crippen LogP contribution is -2.23. The maximum Gasteiger partial charge on any atom is 0.416 e. The average molecular weight is 444 g/mol. The Bertz CT molecular complexity index is 1170. The topological polar surface area (TPSA) is 68.5 Å². The fourth-order valence-electron chi connectivity index (χ4n) is 3.03. The SMILES string of the molecule is CCOc1ccc(C(C)=Nn2c(C)nc(CNc3cccc(C(F)(F)F)c3)cc2=O)cc1. The van der Waals surface area contributed by atoms with Crippen molar-refractivity contribution in [3.63, 3.8) is 0 Å². The van der Waals surface area contributed by atoms with Crippen LogP contribution in [0.3, 0.4) is 0 Å². The third-order valence-corrected chi connectivity index (χ3v) is 4.61. The smallest absolute Gasteiger partial charge is 0.416 e. The molecule has 0 unspecified atom stereocenters. The molecule has 1 heterocycles. The van der Waals surface area contributed by atoms with Crippen molar-refractivity contribution in [3.8, 4) is 5.75 Å². The number of alkyl halides is 3. The second-order valence-electron chi connectivity index (χ2n) is 7.02. The molecule has 3 aromatic rings. The minimum Gasteiger partial charge on any atom is -0.494 e. The van der Waals surface area contributed by atoms with E-state index >= 15 is 0 Å². The number of anilines is 1. The predicted octanol–water partition coefficient (Wildman–Crippen LogP) is 4.85. The van der Waals surface area contributed by atoms with Gasteiger partial charge in [-0.15, -0.1) is 0 Å². The summed E-state index contributed by atoms with van der Waals surface area (Å²) in [6.45, 7) is 6.00. The van der Waals surface area contributed by atoms with Crippen molar-refractivity contribution in [2.75, 3.05) is 11.9 Å². The molecule has 6 nitrogen and oxygen atoms in total. The molecule has 0 amide bonds. The molecule has 9 heteroatoms. The molecule has 0 aliphatic rings. The minimum atomic E-state index is -4.42. The summed E-state index contributed by atoms with van der Waals surface area (Å²) in [6, 6.07) is 13.5. The largest absolute Gasteiger partial charge is 0.494 e. The van der Waals surface area contributed by atoms with Crippen LogP contribution in [0.15, 0.2) is 64.5 Å². The summed E-state index contributed by atoms with van der Waals surface area (Å²) in [5.74, 6) is 1.11. The molecule has 0 saturated heterocycles. The van der Waals surface area contributed by atoms with Gasteiger partial charge in [0.25, 0.3) is 5.56 Å². The maximum absolute atomic E-state index is 12.9. The molecule has 1 N–H and O–H groups in total. The van der Waals surface area contributed by atoms with Crippen LogP contribution < -0.4 is 15.6 Å². The van der Waals surface area contributed by atoms with Crippen LogP contribution in [-0.2, 0) is 12.7 Å². The number of nitrogens with zero attached hydrogens (tertiary/aromatic N) is 3. The number of aryl methyl sites for hydroxylation is 1. The van der Waals surface area contributed by atoms with Gasteiger partial charge in [0.05, 0.1) is 30.1 Å². The lowest BCUT2D eigenvalue weighted by atomic mass is 10.1. The van der Waals surface area contributed by atoms with E-state index in [1.54, 1.807) is 13.8 Å². The monoisotopic (exact) mass is 444 g/mol. The fraction of sp³-hybridized carbons (Fsp3) is 0.261. The highest BCUT2D eigenvalue weighted by Gasteiger charge is 2.30. The number of benzene rings is 2. The number of aromatic nitrogens is 2. The first-order valence-corrected chi connectivity index (χ1v) is 9.97. The lowest BCUT2D eigenvalue weighted by molar-refractivity contribution is -0.137. The molecule has 1 aromatic heterocycles. The zero-order valence-electron chi connectivity index (χ0n) is 17.9. The highest BCUT2D eigenvalue weighted by Crippen LogP contribution is 2.30. The molecular weight excluding hydrogens is 421 g/mol. The molecule has 2 aromatic carbocycles. The van der Waals surface area contributed by atoms with Crippen LogP contribution in [0.25, 0.3) is 0 Å². The Balaban J connectivity index is 1.76. The molecule has 0 aliphatic carbocycles. The summed E-state index contributed by atoms with van der Waals surface area (Å²) in [5, 5.41) is 7.25. The van der Waals surface area contributed by atoms with Gasteiger partial charge in [0.1, 0.15) is 11.6 Å². The summed E-state index contributed by atoms with van der Waals surface area (Å²) in [5.41, 5.74) is 0.998. The molecule has 0 radical (unpaired) electrons. The fourth-order valence-corrected chi connectivity index (χ4v) is 3.03. The van der Waals surface area contributed by atoms with Gasteiger partial charge in [0.2, 0.25) is 0 Å². The number of ether oxygens (including phenoxy) is 1. The normalized spacial score (nSPS) is 12.0. The van der Waals surface area contributed by atoms with E-state index < -0.39 is 11.7 Å². The summed E-state index contributed by atoms with van der Waals surface area (Å²) in [7, 11) is 0. The van der Waals surface area contributed by atoms with Crippen LogP contribution in [0.5, 0.6) is 5.75 Å². The van der Waals surface area contributed by atoms with E-state index in [1.807, 2.05) is 31.2 Å². The van der Waals surface area contributed by atoms with Crippen LogP contribution >= 0.6 is 0 Å². The Labute approximate surface area is 183 Å². The first-order chi connectivity index (χ1) is 15.2. The average Bonchev–Trinajstić information content (AvgIpc) is 2.75. The van der Waals surface area contributed by atoms with Crippen LogP contribution in [0, 0.1) is 6.92 Å². The van der Waals surface area contributed by atoms with Gasteiger partial charge in [-0.2, -0.15) is 22.9 Å². The van der Waals surface area contributed by atoms with Crippen molar-refractivity contribution < 1.29 is 17.9 Å². The molecule has 168 valence electrons. The standard InChI is InChI=1S/C23H23F3N4O2/c1-4-32-21-10-8-17(9-11-21)15(2)29-30-16(3)28-20(13-22(30)31)14-27-19-7-5-6-18(12-19)23(24,25)26/h5-13,27H,4,14H2,1-3H3. The van der Waals surface area contributed by atoms with Gasteiger partial charge >= 0.3 is 6.18 Å². The third kappa shape index (κ3) is 5.75. The van der Waals surface area contributed by atoms with Gasteiger partial charge in [-0.1, -0.05) is 6.07 Å². The number of hydrogen-bond acceptors (Lipinski definition) is 5. The lowest BCUT2D eigenvalue weighted by Gasteiger charge is -2.11. The quantitative estimate of drug-likeness (QED) is 0.529. The van der Waals surface area contributed by atoms with Crippen molar-refractivity contribution in [1.29, 1.82) is 0 Å².